The van der Waals surface area contributed by atoms with E-state index in [0.29, 0.717) is 0 Å². The summed E-state index contributed by atoms with van der Waals surface area (Å²) < 4.78 is 8.00. The van der Waals surface area contributed by atoms with E-state index in [4.69, 9.17) is 0 Å². The number of aromatic nitrogens is 2. The molecule has 2 nitrogen and oxygen atoms in total. The Kier molecular flexibility index (Phi) is 3.15. The molecule has 5 aromatic carbocycles. The molecule has 37 heavy (non-hydrogen) atoms. The van der Waals surface area contributed by atoms with Crippen molar-refractivity contribution in [1.82, 2.24) is 9.05 Å². The van der Waals surface area contributed by atoms with E-state index in [9.17, 15) is 0 Å². The van der Waals surface area contributed by atoms with Crippen LogP contribution in [-0.4, -0.2) is 15.9 Å². The van der Waals surface area contributed by atoms with Crippen LogP contribution in [0.1, 0.15) is 5.56 Å². The summed E-state index contributed by atoms with van der Waals surface area (Å²) in [6.45, 7) is 2.38. The van der Waals surface area contributed by atoms with Gasteiger partial charge >= 0.3 is 6.85 Å². The average Bonchev–Trinajstić information content (AvgIpc) is 3.58. The lowest BCUT2D eigenvalue weighted by molar-refractivity contribution is 1.17. The van der Waals surface area contributed by atoms with Gasteiger partial charge < -0.3 is 9.05 Å². The molecule has 0 amide bonds. The lowest BCUT2D eigenvalue weighted by Crippen LogP contribution is -2.55. The maximum atomic E-state index is 2.69. The first kappa shape index (κ1) is 18.9. The molecule has 2 aliphatic rings. The third kappa shape index (κ3) is 2.02. The Balaban J connectivity index is 1.52. The zero-order chi connectivity index (χ0) is 24.0. The topological polar surface area (TPSA) is 9.86 Å². The van der Waals surface area contributed by atoms with E-state index >= 15 is 0 Å². The van der Waals surface area contributed by atoms with Gasteiger partial charge in [-0.25, -0.2) is 0 Å². The number of hydrogen-bond acceptors (Lipinski definition) is 1. The summed E-state index contributed by atoms with van der Waals surface area (Å²) in [6.07, 6.45) is 0. The molecule has 3 aromatic heterocycles. The summed E-state index contributed by atoms with van der Waals surface area (Å²) in [6, 6.07) is 36.5. The van der Waals surface area contributed by atoms with Crippen molar-refractivity contribution in [3.05, 3.63) is 103 Å². The average molecular weight is 486 g/mol. The zero-order valence-corrected chi connectivity index (χ0v) is 20.9. The smallest absolute Gasteiger partial charge is 0.333 e. The van der Waals surface area contributed by atoms with Crippen LogP contribution in [0.2, 0.25) is 0 Å². The van der Waals surface area contributed by atoms with Gasteiger partial charge in [-0.1, -0.05) is 78.9 Å². The highest BCUT2D eigenvalue weighted by Crippen LogP contribution is 2.47. The molecule has 2 aliphatic heterocycles. The highest BCUT2D eigenvalue weighted by Gasteiger charge is 2.41. The van der Waals surface area contributed by atoms with E-state index < -0.39 is 0 Å². The summed E-state index contributed by atoms with van der Waals surface area (Å²) in [5.41, 5.74) is 13.6. The molecule has 0 bridgehead atoms. The number of aryl methyl sites for hydroxylation is 1. The first-order valence-corrected chi connectivity index (χ1v) is 13.7. The van der Waals surface area contributed by atoms with Crippen molar-refractivity contribution in [2.24, 2.45) is 0 Å². The van der Waals surface area contributed by atoms with Crippen LogP contribution in [0.25, 0.3) is 69.8 Å². The van der Waals surface area contributed by atoms with Crippen LogP contribution in [0.4, 0.5) is 0 Å². The fourth-order valence-electron chi connectivity index (χ4n) is 7.44. The third-order valence-corrected chi connectivity index (χ3v) is 9.91. The predicted octanol–water partition coefficient (Wildman–Crippen LogP) is 7.36. The molecule has 0 saturated heterocycles. The molecule has 0 aliphatic carbocycles. The van der Waals surface area contributed by atoms with Crippen molar-refractivity contribution in [1.29, 1.82) is 0 Å². The number of fused-ring (bicyclic) bond motifs is 12. The molecule has 170 valence electrons. The van der Waals surface area contributed by atoms with E-state index in [2.05, 4.69) is 113 Å². The molecule has 0 fully saturated rings. The van der Waals surface area contributed by atoms with E-state index in [1.54, 1.807) is 0 Å². The fraction of sp³-hybridized carbons (Fsp3) is 0.0303. The van der Waals surface area contributed by atoms with Crippen LogP contribution >= 0.6 is 11.3 Å². The molecule has 8 aromatic rings. The van der Waals surface area contributed by atoms with Gasteiger partial charge in [0.25, 0.3) is 0 Å². The minimum Gasteiger partial charge on any atom is -0.374 e. The van der Waals surface area contributed by atoms with Crippen LogP contribution in [-0.2, 0) is 0 Å². The number of benzene rings is 5. The maximum Gasteiger partial charge on any atom is 0.333 e. The van der Waals surface area contributed by atoms with Crippen molar-refractivity contribution in [2.45, 2.75) is 6.92 Å². The molecule has 0 radical (unpaired) electrons. The number of hydrogen-bond donors (Lipinski definition) is 0. The van der Waals surface area contributed by atoms with Crippen LogP contribution < -0.4 is 10.9 Å². The SMILES string of the molecule is Cc1cc2c3c(c1)-n1c4ccccc4c4cccc(c41)B3n1c3c-2cccc3c2sc3ccccc3c21. The minimum atomic E-state index is 0.138. The third-order valence-electron chi connectivity index (χ3n) is 8.72. The molecule has 0 atom stereocenters. The van der Waals surface area contributed by atoms with Gasteiger partial charge in [-0.05, 0) is 47.2 Å². The molecule has 4 heteroatoms. The zero-order valence-electron chi connectivity index (χ0n) is 20.1. The summed E-state index contributed by atoms with van der Waals surface area (Å²) in [5, 5.41) is 5.41. The predicted molar refractivity (Wildman–Crippen MR) is 160 cm³/mol. The summed E-state index contributed by atoms with van der Waals surface area (Å²) >= 11 is 1.94. The van der Waals surface area contributed by atoms with Crippen molar-refractivity contribution in [3.63, 3.8) is 0 Å². The van der Waals surface area contributed by atoms with Gasteiger partial charge in [0.15, 0.2) is 0 Å². The van der Waals surface area contributed by atoms with Gasteiger partial charge in [-0.2, -0.15) is 0 Å². The first-order chi connectivity index (χ1) is 18.3. The fourth-order valence-corrected chi connectivity index (χ4v) is 8.66. The first-order valence-electron chi connectivity index (χ1n) is 12.9. The van der Waals surface area contributed by atoms with Crippen LogP contribution in [0.3, 0.4) is 0 Å². The highest BCUT2D eigenvalue weighted by atomic mass is 32.1. The molecular formula is C33H19BN2S. The van der Waals surface area contributed by atoms with Crippen molar-refractivity contribution in [2.75, 3.05) is 0 Å². The highest BCUT2D eigenvalue weighted by molar-refractivity contribution is 7.27. The molecule has 0 spiro atoms. The standard InChI is InChI=1S/C33H19BN2S/c1-18-16-24-21-10-6-12-23-30(21)36(32-22-9-3-5-15-28(22)37-33(23)32)34-25-13-7-11-20-19-8-2-4-14-26(19)35(31(20)25)27(17-18)29(24)34/h2-17H,1H3. The molecule has 0 N–H and O–H groups in total. The molecule has 0 unspecified atom stereocenters. The number of rotatable bonds is 0. The number of para-hydroxylation sites is 3. The minimum absolute atomic E-state index is 0.138. The van der Waals surface area contributed by atoms with Gasteiger partial charge in [0.1, 0.15) is 0 Å². The lowest BCUT2D eigenvalue weighted by atomic mass is 9.45. The van der Waals surface area contributed by atoms with Crippen LogP contribution in [0, 0.1) is 6.92 Å². The van der Waals surface area contributed by atoms with Crippen LogP contribution in [0.5, 0.6) is 0 Å². The van der Waals surface area contributed by atoms with E-state index in [-0.39, 0.29) is 6.85 Å². The Morgan fingerprint density at radius 2 is 1.43 bits per heavy atom. The van der Waals surface area contributed by atoms with E-state index in [1.165, 1.54) is 86.3 Å². The normalized spacial score (nSPS) is 13.5. The Morgan fingerprint density at radius 3 is 2.38 bits per heavy atom. The molecule has 5 heterocycles. The van der Waals surface area contributed by atoms with Gasteiger partial charge in [-0.15, -0.1) is 11.3 Å². The van der Waals surface area contributed by atoms with E-state index in [1.807, 2.05) is 11.3 Å². The van der Waals surface area contributed by atoms with Gasteiger partial charge in [0.2, 0.25) is 0 Å². The maximum absolute atomic E-state index is 2.69. The van der Waals surface area contributed by atoms with Crippen molar-refractivity contribution in [3.8, 4) is 16.8 Å². The van der Waals surface area contributed by atoms with Gasteiger partial charge in [0.05, 0.1) is 21.3 Å². The molecule has 10 rings (SSSR count). The molecular weight excluding hydrogens is 467 g/mol. The van der Waals surface area contributed by atoms with Gasteiger partial charge in [-0.3, -0.25) is 0 Å². The van der Waals surface area contributed by atoms with Crippen molar-refractivity contribution < 1.29 is 0 Å². The second-order valence-electron chi connectivity index (χ2n) is 10.6. The Hall–Kier alpha value is -4.28. The monoisotopic (exact) mass is 486 g/mol. The van der Waals surface area contributed by atoms with Crippen LogP contribution in [0.15, 0.2) is 97.1 Å². The quantitative estimate of drug-likeness (QED) is 0.198. The largest absolute Gasteiger partial charge is 0.374 e. The Labute approximate surface area is 217 Å². The summed E-state index contributed by atoms with van der Waals surface area (Å²) in [7, 11) is 0. The molecule has 0 saturated carbocycles. The summed E-state index contributed by atoms with van der Waals surface area (Å²) in [4.78, 5) is 0. The Morgan fingerprint density at radius 1 is 0.649 bits per heavy atom. The number of nitrogens with zero attached hydrogens (tertiary/aromatic N) is 2. The second-order valence-corrected chi connectivity index (χ2v) is 11.6. The van der Waals surface area contributed by atoms with Crippen molar-refractivity contribution >= 4 is 82.1 Å². The van der Waals surface area contributed by atoms with Gasteiger partial charge in [0, 0.05) is 43.0 Å². The summed E-state index contributed by atoms with van der Waals surface area (Å²) in [5.74, 6) is 0. The Bertz CT molecular complexity index is 2330. The van der Waals surface area contributed by atoms with E-state index in [0.717, 1.165) is 0 Å². The number of thiophene rings is 1. The lowest BCUT2D eigenvalue weighted by Gasteiger charge is -2.34. The second kappa shape index (κ2) is 6.16.